The van der Waals surface area contributed by atoms with E-state index < -0.39 is 11.4 Å². The summed E-state index contributed by atoms with van der Waals surface area (Å²) >= 11 is 1.45. The molecule has 3 aliphatic rings. The highest BCUT2D eigenvalue weighted by Crippen LogP contribution is 2.47. The van der Waals surface area contributed by atoms with Gasteiger partial charge in [0, 0.05) is 35.7 Å². The Morgan fingerprint density at radius 2 is 2.06 bits per heavy atom. The van der Waals surface area contributed by atoms with E-state index >= 15 is 4.39 Å². The lowest BCUT2D eigenvalue weighted by atomic mass is 9.81. The molecule has 0 amide bonds. The number of benzene rings is 1. The van der Waals surface area contributed by atoms with Crippen molar-refractivity contribution in [1.29, 1.82) is 0 Å². The molecule has 1 aromatic carbocycles. The highest BCUT2D eigenvalue weighted by molar-refractivity contribution is 8.13. The molecule has 0 aliphatic carbocycles. The molecule has 0 unspecified atom stereocenters. The van der Waals surface area contributed by atoms with E-state index in [1.165, 1.54) is 17.8 Å². The summed E-state index contributed by atoms with van der Waals surface area (Å²) in [5.74, 6) is 0.647. The molecule has 4 heterocycles. The van der Waals surface area contributed by atoms with Crippen molar-refractivity contribution in [2.45, 2.75) is 5.54 Å². The number of rotatable bonds is 4. The van der Waals surface area contributed by atoms with Gasteiger partial charge in [0.15, 0.2) is 11.0 Å². The largest absolute Gasteiger partial charge is 0.480 e. The zero-order chi connectivity index (χ0) is 22.3. The van der Waals surface area contributed by atoms with Crippen molar-refractivity contribution >= 4 is 34.8 Å². The fraction of sp³-hybridized carbons (Fsp3) is 0.333. The van der Waals surface area contributed by atoms with Gasteiger partial charge in [0.1, 0.15) is 11.4 Å². The third-order valence-corrected chi connectivity index (χ3v) is 6.86. The lowest BCUT2D eigenvalue weighted by Gasteiger charge is -2.35. The summed E-state index contributed by atoms with van der Waals surface area (Å²) in [5.41, 5.74) is 6.48. The number of halogens is 2. The average Bonchev–Trinajstić information content (AvgIpc) is 3.19. The van der Waals surface area contributed by atoms with Gasteiger partial charge in [0.05, 0.1) is 38.8 Å². The van der Waals surface area contributed by atoms with Crippen LogP contribution in [0.2, 0.25) is 0 Å². The van der Waals surface area contributed by atoms with E-state index in [4.69, 9.17) is 15.5 Å². The number of aliphatic imine (C=N–C) groups is 2. The van der Waals surface area contributed by atoms with Crippen LogP contribution in [-0.4, -0.2) is 53.8 Å². The molecule has 1 saturated heterocycles. The van der Waals surface area contributed by atoms with Gasteiger partial charge in [0.25, 0.3) is 0 Å². The van der Waals surface area contributed by atoms with Crippen molar-refractivity contribution in [3.05, 3.63) is 59.9 Å². The second-order valence-corrected chi connectivity index (χ2v) is 8.80. The Kier molecular flexibility index (Phi) is 5.20. The van der Waals surface area contributed by atoms with Crippen molar-refractivity contribution in [3.63, 3.8) is 0 Å². The van der Waals surface area contributed by atoms with Gasteiger partial charge in [-0.25, -0.2) is 28.7 Å². The van der Waals surface area contributed by atoms with Gasteiger partial charge in [-0.1, -0.05) is 11.8 Å². The predicted molar refractivity (Wildman–Crippen MR) is 121 cm³/mol. The number of aromatic nitrogens is 2. The van der Waals surface area contributed by atoms with E-state index in [1.54, 1.807) is 25.6 Å². The van der Waals surface area contributed by atoms with Gasteiger partial charge in [-0.2, -0.15) is 0 Å². The van der Waals surface area contributed by atoms with E-state index in [2.05, 4.69) is 15.0 Å². The van der Waals surface area contributed by atoms with Crippen molar-refractivity contribution in [2.24, 2.45) is 21.6 Å². The van der Waals surface area contributed by atoms with Crippen LogP contribution < -0.4 is 15.5 Å². The van der Waals surface area contributed by atoms with Gasteiger partial charge in [-0.05, 0) is 18.2 Å². The van der Waals surface area contributed by atoms with Crippen LogP contribution in [0.1, 0.15) is 5.56 Å². The molecule has 11 heteroatoms. The SMILES string of the molecule is COC1=CN(c2ccc(F)c([C@]34CN(c5ncc(F)cn5)C[C@H]3CSC(N)=N4)c2)CC=N1. The van der Waals surface area contributed by atoms with Crippen LogP contribution >= 0.6 is 11.8 Å². The Morgan fingerprint density at radius 3 is 2.84 bits per heavy atom. The van der Waals surface area contributed by atoms with Gasteiger partial charge in [-0.3, -0.25) is 0 Å². The van der Waals surface area contributed by atoms with E-state index in [9.17, 15) is 4.39 Å². The second kappa shape index (κ2) is 8.05. The molecule has 1 fully saturated rings. The van der Waals surface area contributed by atoms with Crippen molar-refractivity contribution < 1.29 is 13.5 Å². The van der Waals surface area contributed by atoms with Crippen molar-refractivity contribution in [1.82, 2.24) is 9.97 Å². The summed E-state index contributed by atoms with van der Waals surface area (Å²) in [5, 5.41) is 0.416. The topological polar surface area (TPSA) is 92.2 Å². The number of nitrogens with zero attached hydrogens (tertiary/aromatic N) is 6. The summed E-state index contributed by atoms with van der Waals surface area (Å²) in [6, 6.07) is 4.98. The first-order valence-electron chi connectivity index (χ1n) is 10.0. The number of anilines is 2. The molecular weight excluding hydrogens is 436 g/mol. The maximum Gasteiger partial charge on any atom is 0.229 e. The maximum atomic E-state index is 15.3. The third-order valence-electron chi connectivity index (χ3n) is 5.90. The zero-order valence-corrected chi connectivity index (χ0v) is 18.1. The predicted octanol–water partition coefficient (Wildman–Crippen LogP) is 2.48. The Hall–Kier alpha value is -3.21. The van der Waals surface area contributed by atoms with E-state index in [0.29, 0.717) is 47.9 Å². The van der Waals surface area contributed by atoms with Gasteiger partial charge in [-0.15, -0.1) is 0 Å². The fourth-order valence-corrected chi connectivity index (χ4v) is 5.35. The summed E-state index contributed by atoms with van der Waals surface area (Å²) in [6.45, 7) is 1.43. The van der Waals surface area contributed by atoms with Crippen molar-refractivity contribution in [3.8, 4) is 0 Å². The second-order valence-electron chi connectivity index (χ2n) is 7.76. The molecule has 166 valence electrons. The minimum Gasteiger partial charge on any atom is -0.480 e. The monoisotopic (exact) mass is 457 g/mol. The van der Waals surface area contributed by atoms with Crippen LogP contribution in [0.15, 0.2) is 52.7 Å². The van der Waals surface area contributed by atoms with Gasteiger partial charge < -0.3 is 20.3 Å². The molecule has 0 bridgehead atoms. The minimum absolute atomic E-state index is 0.0220. The van der Waals surface area contributed by atoms with Crippen LogP contribution in [0, 0.1) is 17.6 Å². The fourth-order valence-electron chi connectivity index (χ4n) is 4.37. The maximum absolute atomic E-state index is 15.3. The Labute approximate surface area is 187 Å². The molecule has 0 spiro atoms. The van der Waals surface area contributed by atoms with E-state index in [-0.39, 0.29) is 11.7 Å². The number of thioether (sulfide) groups is 1. The van der Waals surface area contributed by atoms with E-state index in [0.717, 1.165) is 18.1 Å². The standard InChI is InChI=1S/C21H21F2N7OS/c1-31-18-10-29(5-4-25-18)15-2-3-17(23)16(6-15)21-12-30(20-26-7-14(22)8-27-20)9-13(21)11-32-19(24)28-21/h2-4,6-8,10,13H,5,9,11-12H2,1H3,(H2,24,28)/t13-,21-/m0/s1. The lowest BCUT2D eigenvalue weighted by Crippen LogP contribution is -2.41. The number of hydrogen-bond acceptors (Lipinski definition) is 9. The average molecular weight is 458 g/mol. The Balaban J connectivity index is 1.56. The Morgan fingerprint density at radius 1 is 1.25 bits per heavy atom. The summed E-state index contributed by atoms with van der Waals surface area (Å²) in [7, 11) is 1.55. The zero-order valence-electron chi connectivity index (χ0n) is 17.3. The highest BCUT2D eigenvalue weighted by atomic mass is 32.2. The number of amidine groups is 1. The molecule has 2 N–H and O–H groups in total. The number of methoxy groups -OCH3 is 1. The van der Waals surface area contributed by atoms with Crippen molar-refractivity contribution in [2.75, 3.05) is 42.3 Å². The quantitative estimate of drug-likeness (QED) is 0.754. The third kappa shape index (κ3) is 3.56. The van der Waals surface area contributed by atoms with Gasteiger partial charge >= 0.3 is 0 Å². The number of fused-ring (bicyclic) bond motifs is 1. The lowest BCUT2D eigenvalue weighted by molar-refractivity contribution is 0.286. The molecule has 1 aromatic heterocycles. The molecule has 5 rings (SSSR count). The van der Waals surface area contributed by atoms with Gasteiger partial charge in [0.2, 0.25) is 11.8 Å². The van der Waals surface area contributed by atoms with E-state index in [1.807, 2.05) is 15.9 Å². The minimum atomic E-state index is -0.898. The summed E-state index contributed by atoms with van der Waals surface area (Å²) < 4.78 is 33.9. The number of hydrogen-bond donors (Lipinski definition) is 1. The first kappa shape index (κ1) is 20.7. The summed E-state index contributed by atoms with van der Waals surface area (Å²) in [4.78, 5) is 21.0. The van der Waals surface area contributed by atoms with Crippen LogP contribution in [0.5, 0.6) is 0 Å². The molecule has 2 atom stereocenters. The van der Waals surface area contributed by atoms with Crippen LogP contribution in [-0.2, 0) is 10.3 Å². The highest BCUT2D eigenvalue weighted by Gasteiger charge is 2.52. The van der Waals surface area contributed by atoms with Crippen LogP contribution in [0.3, 0.4) is 0 Å². The van der Waals surface area contributed by atoms with Crippen LogP contribution in [0.4, 0.5) is 20.4 Å². The molecule has 3 aliphatic heterocycles. The number of ether oxygens (including phenoxy) is 1. The first-order valence-corrected chi connectivity index (χ1v) is 11.0. The van der Waals surface area contributed by atoms with Crippen LogP contribution in [0.25, 0.3) is 0 Å². The molecular formula is C21H21F2N7OS. The first-order chi connectivity index (χ1) is 15.5. The summed E-state index contributed by atoms with van der Waals surface area (Å²) in [6.07, 6.45) is 5.76. The number of nitrogens with two attached hydrogens (primary N) is 1. The smallest absolute Gasteiger partial charge is 0.229 e. The normalized spacial score (nSPS) is 24.8. The Bertz CT molecular complexity index is 1120. The molecule has 32 heavy (non-hydrogen) atoms. The molecule has 2 aromatic rings. The molecule has 0 radical (unpaired) electrons. The molecule has 8 nitrogen and oxygen atoms in total. The molecule has 0 saturated carbocycles.